The minimum Gasteiger partial charge on any atom is -0.475 e. The number of carbonyl (C=O) groups is 2. The molecule has 0 radical (unpaired) electrons. The molecule has 1 N–H and O–H groups in total. The maximum absolute atomic E-state index is 11.4. The number of Topliss-reactive ketones (excluding diaryl/α,β-unsaturated/α-hetero) is 1. The lowest BCUT2D eigenvalue weighted by molar-refractivity contribution is -0.131. The number of carboxylic acids is 1. The normalized spacial score (nSPS) is 10.3. The second-order valence-electron chi connectivity index (χ2n) is 3.40. The Labute approximate surface area is 87.7 Å². The third kappa shape index (κ3) is 2.06. The molecule has 1 heterocycles. The number of carboxylic acid groups (broad SMARTS) is 1. The van der Waals surface area contributed by atoms with Crippen LogP contribution in [0.25, 0.3) is 0 Å². The van der Waals surface area contributed by atoms with E-state index in [0.29, 0.717) is 17.9 Å². The first kappa shape index (κ1) is 11.4. The van der Waals surface area contributed by atoms with Crippen molar-refractivity contribution in [1.29, 1.82) is 0 Å². The minimum atomic E-state index is -1.43. The van der Waals surface area contributed by atoms with E-state index in [1.54, 1.807) is 18.5 Å². The summed E-state index contributed by atoms with van der Waals surface area (Å²) in [5.74, 6) is -2.32. The van der Waals surface area contributed by atoms with Crippen LogP contribution in [0.4, 0.5) is 0 Å². The summed E-state index contributed by atoms with van der Waals surface area (Å²) in [7, 11) is 0. The van der Waals surface area contributed by atoms with Gasteiger partial charge in [-0.15, -0.1) is 0 Å². The molecule has 1 rings (SSSR count). The quantitative estimate of drug-likeness (QED) is 0.598. The first-order valence-corrected chi connectivity index (χ1v) is 4.80. The lowest BCUT2D eigenvalue weighted by Gasteiger charge is -2.01. The van der Waals surface area contributed by atoms with Crippen molar-refractivity contribution >= 4 is 11.8 Å². The van der Waals surface area contributed by atoms with Crippen LogP contribution in [0.1, 0.15) is 35.1 Å². The molecule has 15 heavy (non-hydrogen) atoms. The van der Waals surface area contributed by atoms with Crippen LogP contribution in [0.15, 0.2) is 0 Å². The van der Waals surface area contributed by atoms with Gasteiger partial charge in [0.15, 0.2) is 0 Å². The van der Waals surface area contributed by atoms with Gasteiger partial charge in [0.1, 0.15) is 0 Å². The monoisotopic (exact) mass is 210 g/mol. The summed E-state index contributed by atoms with van der Waals surface area (Å²) >= 11 is 0. The van der Waals surface area contributed by atoms with Crippen LogP contribution in [-0.4, -0.2) is 26.6 Å². The molecule has 0 fully saturated rings. The predicted octanol–water partition coefficient (Wildman–Crippen LogP) is 1.18. The van der Waals surface area contributed by atoms with Crippen LogP contribution in [0.2, 0.25) is 0 Å². The van der Waals surface area contributed by atoms with Crippen molar-refractivity contribution in [2.45, 2.75) is 33.7 Å². The van der Waals surface area contributed by atoms with Crippen molar-refractivity contribution < 1.29 is 14.7 Å². The molecule has 0 amide bonds. The van der Waals surface area contributed by atoms with E-state index in [9.17, 15) is 9.59 Å². The summed E-state index contributed by atoms with van der Waals surface area (Å²) in [4.78, 5) is 21.9. The SMILES string of the molecule is CCCn1nc(C)c(C(=O)C(=O)O)c1C. The van der Waals surface area contributed by atoms with Gasteiger partial charge >= 0.3 is 5.97 Å². The number of aliphatic carboxylic acids is 1. The smallest absolute Gasteiger partial charge is 0.377 e. The average Bonchev–Trinajstić information content (AvgIpc) is 2.42. The maximum atomic E-state index is 11.4. The fraction of sp³-hybridized carbons (Fsp3) is 0.500. The Bertz CT molecular complexity index is 407. The van der Waals surface area contributed by atoms with Gasteiger partial charge in [-0.2, -0.15) is 5.10 Å². The Morgan fingerprint density at radius 1 is 1.40 bits per heavy atom. The first-order valence-electron chi connectivity index (χ1n) is 4.80. The summed E-state index contributed by atoms with van der Waals surface area (Å²) in [5, 5.41) is 12.8. The maximum Gasteiger partial charge on any atom is 0.377 e. The molecule has 0 unspecified atom stereocenters. The van der Waals surface area contributed by atoms with Gasteiger partial charge in [0.2, 0.25) is 0 Å². The molecule has 0 spiro atoms. The summed E-state index contributed by atoms with van der Waals surface area (Å²) in [6, 6.07) is 0. The number of nitrogens with zero attached hydrogens (tertiary/aromatic N) is 2. The van der Waals surface area contributed by atoms with Crippen LogP contribution in [-0.2, 0) is 11.3 Å². The zero-order valence-electron chi connectivity index (χ0n) is 9.07. The van der Waals surface area contributed by atoms with Crippen LogP contribution in [0.3, 0.4) is 0 Å². The van der Waals surface area contributed by atoms with E-state index in [-0.39, 0.29) is 5.56 Å². The Morgan fingerprint density at radius 3 is 2.47 bits per heavy atom. The van der Waals surface area contributed by atoms with E-state index in [1.165, 1.54) is 0 Å². The van der Waals surface area contributed by atoms with Crippen molar-refractivity contribution in [3.05, 3.63) is 17.0 Å². The topological polar surface area (TPSA) is 72.2 Å². The fourth-order valence-electron chi connectivity index (χ4n) is 1.56. The standard InChI is InChI=1S/C10H14N2O3/c1-4-5-12-7(3)8(6(2)11-12)9(13)10(14)15/h4-5H2,1-3H3,(H,14,15). The third-order valence-electron chi connectivity index (χ3n) is 2.24. The molecule has 5 heteroatoms. The van der Waals surface area contributed by atoms with Crippen LogP contribution in [0, 0.1) is 13.8 Å². The van der Waals surface area contributed by atoms with Crippen LogP contribution >= 0.6 is 0 Å². The van der Waals surface area contributed by atoms with Gasteiger partial charge in [-0.05, 0) is 20.3 Å². The largest absolute Gasteiger partial charge is 0.475 e. The number of rotatable bonds is 4. The molecule has 0 aromatic carbocycles. The van der Waals surface area contributed by atoms with Crippen molar-refractivity contribution in [3.63, 3.8) is 0 Å². The molecule has 0 aliphatic heterocycles. The van der Waals surface area contributed by atoms with Crippen LogP contribution in [0.5, 0.6) is 0 Å². The molecule has 0 saturated heterocycles. The summed E-state index contributed by atoms with van der Waals surface area (Å²) in [6.07, 6.45) is 0.892. The summed E-state index contributed by atoms with van der Waals surface area (Å²) in [6.45, 7) is 6.05. The predicted molar refractivity (Wildman–Crippen MR) is 54.0 cm³/mol. The van der Waals surface area contributed by atoms with Gasteiger partial charge in [0, 0.05) is 12.2 Å². The van der Waals surface area contributed by atoms with Gasteiger partial charge in [-0.3, -0.25) is 9.48 Å². The summed E-state index contributed by atoms with van der Waals surface area (Å²) in [5.41, 5.74) is 1.33. The number of aromatic nitrogens is 2. The average molecular weight is 210 g/mol. The van der Waals surface area contributed by atoms with E-state index < -0.39 is 11.8 Å². The lowest BCUT2D eigenvalue weighted by Crippen LogP contribution is -2.14. The van der Waals surface area contributed by atoms with Crippen molar-refractivity contribution in [2.75, 3.05) is 0 Å². The highest BCUT2D eigenvalue weighted by Crippen LogP contribution is 2.14. The van der Waals surface area contributed by atoms with E-state index in [1.807, 2.05) is 6.92 Å². The van der Waals surface area contributed by atoms with Gasteiger partial charge in [0.05, 0.1) is 11.3 Å². The minimum absolute atomic E-state index is 0.218. The molecule has 0 bridgehead atoms. The summed E-state index contributed by atoms with van der Waals surface area (Å²) < 4.78 is 1.67. The van der Waals surface area contributed by atoms with Gasteiger partial charge in [0.25, 0.3) is 5.78 Å². The molecule has 0 aliphatic rings. The number of hydrogen-bond donors (Lipinski definition) is 1. The Hall–Kier alpha value is -1.65. The molecular weight excluding hydrogens is 196 g/mol. The van der Waals surface area contributed by atoms with Gasteiger partial charge in [-0.25, -0.2) is 4.79 Å². The number of ketones is 1. The Morgan fingerprint density at radius 2 is 2.00 bits per heavy atom. The van der Waals surface area contributed by atoms with E-state index in [0.717, 1.165) is 6.42 Å². The van der Waals surface area contributed by atoms with Crippen LogP contribution < -0.4 is 0 Å². The number of hydrogen-bond acceptors (Lipinski definition) is 3. The van der Waals surface area contributed by atoms with E-state index >= 15 is 0 Å². The lowest BCUT2D eigenvalue weighted by atomic mass is 10.1. The molecule has 1 aromatic rings. The zero-order valence-corrected chi connectivity index (χ0v) is 9.07. The highest BCUT2D eigenvalue weighted by Gasteiger charge is 2.23. The van der Waals surface area contributed by atoms with Gasteiger partial charge in [-0.1, -0.05) is 6.92 Å². The number of carbonyl (C=O) groups excluding carboxylic acids is 1. The fourth-order valence-corrected chi connectivity index (χ4v) is 1.56. The molecule has 82 valence electrons. The highest BCUT2D eigenvalue weighted by atomic mass is 16.4. The second kappa shape index (κ2) is 4.25. The van der Waals surface area contributed by atoms with Crippen molar-refractivity contribution in [2.24, 2.45) is 0 Å². The zero-order chi connectivity index (χ0) is 11.6. The second-order valence-corrected chi connectivity index (χ2v) is 3.40. The van der Waals surface area contributed by atoms with Gasteiger partial charge < -0.3 is 5.11 Å². The Kier molecular flexibility index (Phi) is 3.24. The van der Waals surface area contributed by atoms with E-state index in [2.05, 4.69) is 5.10 Å². The third-order valence-corrected chi connectivity index (χ3v) is 2.24. The van der Waals surface area contributed by atoms with Crippen molar-refractivity contribution in [1.82, 2.24) is 9.78 Å². The molecule has 5 nitrogen and oxygen atoms in total. The molecule has 1 aromatic heterocycles. The van der Waals surface area contributed by atoms with E-state index in [4.69, 9.17) is 5.11 Å². The number of aryl methyl sites for hydroxylation is 2. The Balaban J connectivity index is 3.19. The molecule has 0 saturated carbocycles. The highest BCUT2D eigenvalue weighted by molar-refractivity contribution is 6.40. The first-order chi connectivity index (χ1) is 6.99. The molecule has 0 aliphatic carbocycles. The molecule has 0 atom stereocenters. The van der Waals surface area contributed by atoms with Crippen molar-refractivity contribution in [3.8, 4) is 0 Å². The molecular formula is C10H14N2O3.